The second kappa shape index (κ2) is 2.33. The van der Waals surface area contributed by atoms with Crippen molar-refractivity contribution in [3.63, 3.8) is 0 Å². The van der Waals surface area contributed by atoms with Gasteiger partial charge in [-0.2, -0.15) is 0 Å². The van der Waals surface area contributed by atoms with Crippen LogP contribution in [0.15, 0.2) is 34.6 Å². The predicted molar refractivity (Wildman–Crippen MR) is 38.0 cm³/mol. The quantitative estimate of drug-likeness (QED) is 0.508. The molecule has 1 aliphatic heterocycles. The van der Waals surface area contributed by atoms with Gasteiger partial charge in [0.25, 0.3) is 0 Å². The van der Waals surface area contributed by atoms with Crippen molar-refractivity contribution in [2.75, 3.05) is 0 Å². The van der Waals surface area contributed by atoms with E-state index in [2.05, 4.69) is 10.9 Å². The third kappa shape index (κ3) is 1.31. The number of aliphatic imine (C=N–C) groups is 1. The summed E-state index contributed by atoms with van der Waals surface area (Å²) < 4.78 is 0. The molecule has 2 nitrogen and oxygen atoms in total. The minimum absolute atomic E-state index is 0.753. The van der Waals surface area contributed by atoms with Gasteiger partial charge in [-0.25, -0.2) is 4.99 Å². The van der Waals surface area contributed by atoms with Gasteiger partial charge in [-0.1, -0.05) is 0 Å². The first kappa shape index (κ1) is 5.86. The zero-order chi connectivity index (χ0) is 6.69. The van der Waals surface area contributed by atoms with Crippen LogP contribution in [0, 0.1) is 0 Å². The minimum Gasteiger partial charge on any atom is -0.398 e. The highest BCUT2D eigenvalue weighted by Crippen LogP contribution is 2.03. The Bertz CT molecular complexity index is 205. The van der Waals surface area contributed by atoms with E-state index in [4.69, 9.17) is 5.73 Å². The van der Waals surface area contributed by atoms with Gasteiger partial charge in [-0.3, -0.25) is 0 Å². The van der Waals surface area contributed by atoms with Gasteiger partial charge in [0.05, 0.1) is 0 Å². The molecule has 0 aromatic carbocycles. The maximum atomic E-state index is 5.54. The van der Waals surface area contributed by atoms with Gasteiger partial charge in [0.1, 0.15) is 0 Å². The molecule has 0 aromatic rings. The molecule has 0 bridgehead atoms. The maximum absolute atomic E-state index is 5.54. The van der Waals surface area contributed by atoms with E-state index in [1.54, 1.807) is 18.4 Å². The Morgan fingerprint density at radius 3 is 3.22 bits per heavy atom. The van der Waals surface area contributed by atoms with E-state index >= 15 is 0 Å². The van der Waals surface area contributed by atoms with Gasteiger partial charge >= 0.3 is 0 Å². The lowest BCUT2D eigenvalue weighted by molar-refractivity contribution is 1.27. The van der Waals surface area contributed by atoms with Gasteiger partial charge in [0, 0.05) is 18.0 Å². The summed E-state index contributed by atoms with van der Waals surface area (Å²) in [7, 11) is 0. The molecule has 0 spiro atoms. The molecule has 46 valence electrons. The second-order valence-electron chi connectivity index (χ2n) is 1.86. The van der Waals surface area contributed by atoms with E-state index in [9.17, 15) is 0 Å². The molecule has 0 fully saturated rings. The lowest BCUT2D eigenvalue weighted by Gasteiger charge is -1.93. The van der Waals surface area contributed by atoms with Crippen LogP contribution in [0.5, 0.6) is 0 Å². The lowest BCUT2D eigenvalue weighted by Crippen LogP contribution is -1.96. The Balaban J connectivity index is 3.01. The average Bonchev–Trinajstić information content (AvgIpc) is 1.99. The van der Waals surface area contributed by atoms with Crippen LogP contribution in [-0.4, -0.2) is 5.87 Å². The molecule has 1 aliphatic rings. The van der Waals surface area contributed by atoms with E-state index in [0.29, 0.717) is 0 Å². The third-order valence-electron chi connectivity index (χ3n) is 1.13. The van der Waals surface area contributed by atoms with Crippen molar-refractivity contribution in [3.8, 4) is 0 Å². The van der Waals surface area contributed by atoms with Crippen LogP contribution in [0.2, 0.25) is 0 Å². The fraction of sp³-hybridized carbons (Fsp3) is 0.143. The maximum Gasteiger partial charge on any atom is 0.0417 e. The summed E-state index contributed by atoms with van der Waals surface area (Å²) in [5, 5.41) is 0. The van der Waals surface area contributed by atoms with E-state index in [1.165, 1.54) is 0 Å². The summed E-state index contributed by atoms with van der Waals surface area (Å²) >= 11 is 0. The first-order valence-corrected chi connectivity index (χ1v) is 2.72. The largest absolute Gasteiger partial charge is 0.398 e. The Labute approximate surface area is 54.1 Å². The number of nitrogens with zero attached hydrogens (tertiary/aromatic N) is 1. The Hall–Kier alpha value is -1.27. The van der Waals surface area contributed by atoms with E-state index in [1.807, 2.05) is 6.92 Å². The summed E-state index contributed by atoms with van der Waals surface area (Å²) in [6.45, 7) is 1.91. The van der Waals surface area contributed by atoms with Crippen molar-refractivity contribution >= 4 is 5.87 Å². The monoisotopic (exact) mass is 120 g/mol. The van der Waals surface area contributed by atoms with Gasteiger partial charge < -0.3 is 5.73 Å². The van der Waals surface area contributed by atoms with Gasteiger partial charge in [0.15, 0.2) is 0 Å². The molecule has 0 aliphatic carbocycles. The van der Waals surface area contributed by atoms with Crippen LogP contribution in [0.1, 0.15) is 6.92 Å². The molecular weight excluding hydrogens is 112 g/mol. The Morgan fingerprint density at radius 1 is 1.67 bits per heavy atom. The highest BCUT2D eigenvalue weighted by atomic mass is 14.7. The first-order valence-electron chi connectivity index (χ1n) is 2.72. The van der Waals surface area contributed by atoms with Crippen LogP contribution >= 0.6 is 0 Å². The van der Waals surface area contributed by atoms with Crippen LogP contribution in [0.3, 0.4) is 0 Å². The fourth-order valence-electron chi connectivity index (χ4n) is 0.510. The summed E-state index contributed by atoms with van der Waals surface area (Å²) in [6.07, 6.45) is 5.17. The molecule has 0 saturated heterocycles. The van der Waals surface area contributed by atoms with Crippen molar-refractivity contribution in [2.24, 2.45) is 10.7 Å². The zero-order valence-corrected chi connectivity index (χ0v) is 5.26. The average molecular weight is 120 g/mol. The van der Waals surface area contributed by atoms with Crippen LogP contribution < -0.4 is 5.73 Å². The highest BCUT2D eigenvalue weighted by Gasteiger charge is 1.90. The second-order valence-corrected chi connectivity index (χ2v) is 1.86. The van der Waals surface area contributed by atoms with Crippen molar-refractivity contribution in [3.05, 3.63) is 29.6 Å². The van der Waals surface area contributed by atoms with Gasteiger partial charge in [0.2, 0.25) is 0 Å². The normalized spacial score (nSPS) is 16.6. The number of hydrogen-bond acceptors (Lipinski definition) is 2. The SMILES string of the molecule is CC1=CN=C=CC=C1N. The number of rotatable bonds is 0. The van der Waals surface area contributed by atoms with Crippen LogP contribution in [-0.2, 0) is 0 Å². The molecule has 0 aromatic heterocycles. The smallest absolute Gasteiger partial charge is 0.0417 e. The summed E-state index contributed by atoms with van der Waals surface area (Å²) in [6, 6.07) is 0. The fourth-order valence-corrected chi connectivity index (χ4v) is 0.510. The molecule has 0 unspecified atom stereocenters. The summed E-state index contributed by atoms with van der Waals surface area (Å²) in [4.78, 5) is 3.80. The van der Waals surface area contributed by atoms with Crippen LogP contribution in [0.25, 0.3) is 0 Å². The van der Waals surface area contributed by atoms with Crippen molar-refractivity contribution in [1.82, 2.24) is 0 Å². The highest BCUT2D eigenvalue weighted by molar-refractivity contribution is 5.58. The molecule has 9 heavy (non-hydrogen) atoms. The molecule has 0 amide bonds. The summed E-state index contributed by atoms with van der Waals surface area (Å²) in [5.74, 6) is 2.68. The molecule has 0 radical (unpaired) electrons. The van der Waals surface area contributed by atoms with Crippen LogP contribution in [0.4, 0.5) is 0 Å². The zero-order valence-electron chi connectivity index (χ0n) is 5.26. The van der Waals surface area contributed by atoms with Gasteiger partial charge in [-0.15, -0.1) is 0 Å². The lowest BCUT2D eigenvalue weighted by atomic mass is 10.2. The molecular formula is C7H8N2. The number of nitrogens with two attached hydrogens (primary N) is 1. The van der Waals surface area contributed by atoms with Crippen molar-refractivity contribution in [1.29, 1.82) is 0 Å². The van der Waals surface area contributed by atoms with Crippen molar-refractivity contribution in [2.45, 2.75) is 6.92 Å². The minimum atomic E-state index is 0.753. The molecule has 0 atom stereocenters. The molecule has 2 heteroatoms. The molecule has 2 N–H and O–H groups in total. The third-order valence-corrected chi connectivity index (χ3v) is 1.13. The van der Waals surface area contributed by atoms with E-state index in [0.717, 1.165) is 11.3 Å². The van der Waals surface area contributed by atoms with Gasteiger partial charge in [-0.05, 0) is 24.4 Å². The number of allylic oxidation sites excluding steroid dienone is 3. The Morgan fingerprint density at radius 2 is 2.44 bits per heavy atom. The standard InChI is InChI=1S/C7H8N2/c1-6-5-9-4-2-3-7(6)8/h2-3,5H,8H2,1H3. The molecule has 0 saturated carbocycles. The molecule has 1 heterocycles. The van der Waals surface area contributed by atoms with Crippen molar-refractivity contribution < 1.29 is 0 Å². The first-order chi connectivity index (χ1) is 4.30. The molecule has 1 rings (SSSR count). The predicted octanol–water partition coefficient (Wildman–Crippen LogP) is 0.972. The topological polar surface area (TPSA) is 38.4 Å². The van der Waals surface area contributed by atoms with E-state index in [-0.39, 0.29) is 0 Å². The number of hydrogen-bond donors (Lipinski definition) is 1. The van der Waals surface area contributed by atoms with E-state index < -0.39 is 0 Å². The Kier molecular flexibility index (Phi) is 1.52. The summed E-state index contributed by atoms with van der Waals surface area (Å²) in [5.41, 5.74) is 7.28.